The van der Waals surface area contributed by atoms with Crippen molar-refractivity contribution in [3.05, 3.63) is 54.1 Å². The summed E-state index contributed by atoms with van der Waals surface area (Å²) in [6, 6.07) is 10.4. The number of nitrogens with one attached hydrogen (secondary N) is 1. The molecule has 0 radical (unpaired) electrons. The molecule has 1 saturated carbocycles. The lowest BCUT2D eigenvalue weighted by Crippen LogP contribution is -2.53. The molecule has 4 atom stereocenters. The number of likely N-dealkylation sites (tertiary alicyclic amines) is 1. The van der Waals surface area contributed by atoms with Crippen molar-refractivity contribution < 1.29 is 35.9 Å². The number of ether oxygens (including phenoxy) is 1. The molecule has 3 N–H and O–H groups in total. The highest BCUT2D eigenvalue weighted by Gasteiger charge is 2.44. The minimum atomic E-state index is -4.95. The van der Waals surface area contributed by atoms with E-state index in [0.717, 1.165) is 24.6 Å². The zero-order valence-corrected chi connectivity index (χ0v) is 24.6. The van der Waals surface area contributed by atoms with Crippen molar-refractivity contribution in [3.63, 3.8) is 0 Å². The summed E-state index contributed by atoms with van der Waals surface area (Å²) in [5.41, 5.74) is 5.53. The van der Waals surface area contributed by atoms with Gasteiger partial charge in [0.05, 0.1) is 16.2 Å². The second kappa shape index (κ2) is 12.5. The summed E-state index contributed by atoms with van der Waals surface area (Å²) in [7, 11) is -1.61. The molecule has 2 fully saturated rings. The van der Waals surface area contributed by atoms with Crippen molar-refractivity contribution in [1.29, 1.82) is 0 Å². The van der Waals surface area contributed by atoms with Crippen LogP contribution < -0.4 is 15.8 Å². The molecular weight excluding hydrogens is 573 g/mol. The number of halogens is 3. The number of rotatable bonds is 9. The fourth-order valence-corrected chi connectivity index (χ4v) is 7.63. The quantitative estimate of drug-likeness (QED) is 0.414. The van der Waals surface area contributed by atoms with Crippen molar-refractivity contribution >= 4 is 27.3 Å². The second-order valence-corrected chi connectivity index (χ2v) is 13.3. The largest absolute Gasteiger partial charge is 0.573 e. The molecule has 1 aliphatic heterocycles. The van der Waals surface area contributed by atoms with Gasteiger partial charge in [0.15, 0.2) is 9.84 Å². The Kier molecular flexibility index (Phi) is 9.41. The van der Waals surface area contributed by atoms with E-state index in [0.29, 0.717) is 19.4 Å². The fraction of sp³-hybridized carbons (Fsp3) is 0.517. The number of hydrogen-bond donors (Lipinski definition) is 2. The standard InChI is InChI=1S/C29H37F3N4O5S/c1-18(2)35(3)20-9-12-26(19(15-20)17-42(39,40)22-7-5-4-6-8-22)36-14-13-25(28(36)38)34-27(37)23-16-21(10-11-24(23)33)41-29(30,31)32/h4-8,10-11,16,18-20,25-26H,9,12-15,17,33H2,1-3H3,(H,34,37)/t19-,20+,25+,26-/m0/s1. The van der Waals surface area contributed by atoms with E-state index < -0.39 is 33.9 Å². The maximum absolute atomic E-state index is 13.6. The van der Waals surface area contributed by atoms with Crippen LogP contribution in [0.2, 0.25) is 0 Å². The average molecular weight is 611 g/mol. The Bertz CT molecular complexity index is 1390. The number of nitrogens with zero attached hydrogens (tertiary/aromatic N) is 2. The maximum Gasteiger partial charge on any atom is 0.573 e. The first-order chi connectivity index (χ1) is 19.7. The second-order valence-electron chi connectivity index (χ2n) is 11.3. The van der Waals surface area contributed by atoms with Crippen LogP contribution in [-0.2, 0) is 14.6 Å². The van der Waals surface area contributed by atoms with Gasteiger partial charge in [0.25, 0.3) is 5.91 Å². The first-order valence-corrected chi connectivity index (χ1v) is 15.6. The maximum atomic E-state index is 13.6. The number of nitrogen functional groups attached to an aromatic ring is 1. The van der Waals surface area contributed by atoms with Crippen LogP contribution in [-0.4, -0.2) is 79.9 Å². The summed E-state index contributed by atoms with van der Waals surface area (Å²) in [5.74, 6) is -2.21. The van der Waals surface area contributed by atoms with Crippen LogP contribution in [0.5, 0.6) is 5.75 Å². The van der Waals surface area contributed by atoms with Crippen molar-refractivity contribution in [2.75, 3.05) is 25.1 Å². The van der Waals surface area contributed by atoms with Gasteiger partial charge in [-0.05, 0) is 82.8 Å². The summed E-state index contributed by atoms with van der Waals surface area (Å²) in [4.78, 5) is 30.7. The highest BCUT2D eigenvalue weighted by Crippen LogP contribution is 2.36. The number of amides is 2. The molecule has 230 valence electrons. The molecule has 2 aliphatic rings. The predicted octanol–water partition coefficient (Wildman–Crippen LogP) is 3.85. The lowest BCUT2D eigenvalue weighted by Gasteiger charge is -2.44. The molecule has 13 heteroatoms. The molecule has 0 unspecified atom stereocenters. The van der Waals surface area contributed by atoms with Crippen molar-refractivity contribution in [2.45, 2.75) is 75.0 Å². The number of anilines is 1. The van der Waals surface area contributed by atoms with Gasteiger partial charge in [-0.2, -0.15) is 0 Å². The smallest absolute Gasteiger partial charge is 0.406 e. The van der Waals surface area contributed by atoms with Crippen molar-refractivity contribution in [3.8, 4) is 5.75 Å². The van der Waals surface area contributed by atoms with Crippen molar-refractivity contribution in [2.24, 2.45) is 5.92 Å². The number of benzene rings is 2. The average Bonchev–Trinajstić information content (AvgIpc) is 3.28. The molecule has 0 spiro atoms. The lowest BCUT2D eigenvalue weighted by molar-refractivity contribution is -0.274. The van der Waals surface area contributed by atoms with Crippen LogP contribution in [0.4, 0.5) is 18.9 Å². The molecule has 9 nitrogen and oxygen atoms in total. The van der Waals surface area contributed by atoms with Gasteiger partial charge in [0.2, 0.25) is 5.91 Å². The van der Waals surface area contributed by atoms with E-state index in [4.69, 9.17) is 5.73 Å². The van der Waals surface area contributed by atoms with E-state index in [-0.39, 0.29) is 58.3 Å². The molecule has 0 bridgehead atoms. The molecule has 42 heavy (non-hydrogen) atoms. The van der Waals surface area contributed by atoms with E-state index in [1.165, 1.54) is 0 Å². The number of carbonyl (C=O) groups excluding carboxylic acids is 2. The normalized spacial score (nSPS) is 23.4. The molecule has 1 saturated heterocycles. The van der Waals surface area contributed by atoms with E-state index in [1.54, 1.807) is 35.2 Å². The van der Waals surface area contributed by atoms with Gasteiger partial charge in [-0.3, -0.25) is 9.59 Å². The molecule has 2 amide bonds. The Balaban J connectivity index is 1.51. The van der Waals surface area contributed by atoms with Gasteiger partial charge in [-0.15, -0.1) is 13.2 Å². The molecule has 0 aromatic heterocycles. The van der Waals surface area contributed by atoms with E-state index in [1.807, 2.05) is 7.05 Å². The Morgan fingerprint density at radius 1 is 1.14 bits per heavy atom. The number of hydrogen-bond acceptors (Lipinski definition) is 7. The highest BCUT2D eigenvalue weighted by atomic mass is 32.2. The Labute approximate surface area is 244 Å². The van der Waals surface area contributed by atoms with E-state index in [9.17, 15) is 31.2 Å². The zero-order chi connectivity index (χ0) is 30.8. The zero-order valence-electron chi connectivity index (χ0n) is 23.8. The number of carbonyl (C=O) groups is 2. The van der Waals surface area contributed by atoms with Gasteiger partial charge in [0, 0.05) is 30.4 Å². The minimum Gasteiger partial charge on any atom is -0.406 e. The Morgan fingerprint density at radius 3 is 2.48 bits per heavy atom. The number of nitrogens with two attached hydrogens (primary N) is 1. The first-order valence-electron chi connectivity index (χ1n) is 13.9. The summed E-state index contributed by atoms with van der Waals surface area (Å²) >= 11 is 0. The number of sulfone groups is 1. The summed E-state index contributed by atoms with van der Waals surface area (Å²) in [6.45, 7) is 4.47. The molecule has 4 rings (SSSR count). The topological polar surface area (TPSA) is 122 Å². The summed E-state index contributed by atoms with van der Waals surface area (Å²) < 4.78 is 68.7. The van der Waals surface area contributed by atoms with Crippen LogP contribution >= 0.6 is 0 Å². The molecule has 2 aromatic rings. The van der Waals surface area contributed by atoms with Gasteiger partial charge in [-0.25, -0.2) is 8.42 Å². The SMILES string of the molecule is CC(C)N(C)[C@@H]1CC[C@H](N2CC[C@@H](NC(=O)c3cc(OC(F)(F)F)ccc3N)C2=O)[C@H](CS(=O)(=O)c2ccccc2)C1. The van der Waals surface area contributed by atoms with Crippen LogP contribution in [0.15, 0.2) is 53.4 Å². The van der Waals surface area contributed by atoms with Crippen LogP contribution in [0.1, 0.15) is 49.9 Å². The van der Waals surface area contributed by atoms with Crippen LogP contribution in [0.25, 0.3) is 0 Å². The lowest BCUT2D eigenvalue weighted by atomic mass is 9.81. The molecule has 1 aliphatic carbocycles. The molecular formula is C29H37F3N4O5S. The Hall–Kier alpha value is -3.32. The third-order valence-electron chi connectivity index (χ3n) is 8.29. The fourth-order valence-electron chi connectivity index (χ4n) is 5.94. The molecule has 1 heterocycles. The highest BCUT2D eigenvalue weighted by molar-refractivity contribution is 7.91. The monoisotopic (exact) mass is 610 g/mol. The Morgan fingerprint density at radius 2 is 1.83 bits per heavy atom. The van der Waals surface area contributed by atoms with E-state index >= 15 is 0 Å². The molecule has 2 aromatic carbocycles. The van der Waals surface area contributed by atoms with Gasteiger partial charge in [0.1, 0.15) is 11.8 Å². The van der Waals surface area contributed by atoms with Gasteiger partial charge < -0.3 is 25.6 Å². The van der Waals surface area contributed by atoms with E-state index in [2.05, 4.69) is 28.8 Å². The summed E-state index contributed by atoms with van der Waals surface area (Å²) in [5, 5.41) is 2.60. The third-order valence-corrected chi connectivity index (χ3v) is 10.1. The van der Waals surface area contributed by atoms with Gasteiger partial charge >= 0.3 is 6.36 Å². The first kappa shape index (κ1) is 31.6. The minimum absolute atomic E-state index is 0.0666. The number of alkyl halides is 3. The van der Waals surface area contributed by atoms with Crippen LogP contribution in [0.3, 0.4) is 0 Å². The predicted molar refractivity (Wildman–Crippen MR) is 151 cm³/mol. The van der Waals surface area contributed by atoms with Crippen LogP contribution in [0, 0.1) is 5.92 Å². The van der Waals surface area contributed by atoms with Crippen molar-refractivity contribution in [1.82, 2.24) is 15.1 Å². The summed E-state index contributed by atoms with van der Waals surface area (Å²) in [6.07, 6.45) is -2.70. The van der Waals surface area contributed by atoms with Gasteiger partial charge in [-0.1, -0.05) is 18.2 Å². The third kappa shape index (κ3) is 7.35.